The monoisotopic (exact) mass is 377 g/mol. The Hall–Kier alpha value is -1.66. The fourth-order valence-corrected chi connectivity index (χ4v) is 5.37. The fourth-order valence-electron chi connectivity index (χ4n) is 4.04. The zero-order chi connectivity index (χ0) is 18.6. The van der Waals surface area contributed by atoms with Gasteiger partial charge in [-0.2, -0.15) is 0 Å². The number of nitrogens with one attached hydrogen (secondary N) is 1. The van der Waals surface area contributed by atoms with Crippen LogP contribution in [-0.4, -0.2) is 27.5 Å². The molecule has 0 radical (unpaired) electrons. The molecule has 0 spiro atoms. The van der Waals surface area contributed by atoms with E-state index in [-0.39, 0.29) is 12.0 Å². The van der Waals surface area contributed by atoms with E-state index in [0.717, 1.165) is 25.7 Å². The van der Waals surface area contributed by atoms with Crippen LogP contribution in [0.3, 0.4) is 0 Å². The lowest BCUT2D eigenvalue weighted by atomic mass is 9.95. The van der Waals surface area contributed by atoms with Gasteiger partial charge in [0.1, 0.15) is 0 Å². The number of carbonyl (C=O) groups is 1. The van der Waals surface area contributed by atoms with E-state index in [2.05, 4.69) is 21.6 Å². The van der Waals surface area contributed by atoms with Crippen molar-refractivity contribution in [2.45, 2.75) is 49.5 Å². The summed E-state index contributed by atoms with van der Waals surface area (Å²) in [6.07, 6.45) is 9.37. The lowest BCUT2D eigenvalue weighted by molar-refractivity contribution is -0.140. The van der Waals surface area contributed by atoms with Crippen LogP contribution >= 0.6 is 0 Å². The number of rotatable bonds is 9. The Bertz CT molecular complexity index is 744. The van der Waals surface area contributed by atoms with Crippen molar-refractivity contribution in [1.82, 2.24) is 4.72 Å². The third-order valence-corrected chi connectivity index (χ3v) is 7.02. The molecular formula is C20H27NO4S. The SMILES string of the molecule is COC(=O)CCC/C=C\C[C@H]1[C@H]2C[C@H]2C[C@@H]1NS(=O)(=O)c1ccccc1. The van der Waals surface area contributed by atoms with Gasteiger partial charge in [-0.3, -0.25) is 4.79 Å². The summed E-state index contributed by atoms with van der Waals surface area (Å²) in [5, 5.41) is 0. The molecule has 2 saturated carbocycles. The molecule has 0 saturated heterocycles. The van der Waals surface area contributed by atoms with Crippen LogP contribution in [-0.2, 0) is 19.6 Å². The Balaban J connectivity index is 1.51. The summed E-state index contributed by atoms with van der Waals surface area (Å²) >= 11 is 0. The number of esters is 1. The van der Waals surface area contributed by atoms with E-state index < -0.39 is 10.0 Å². The number of carbonyl (C=O) groups excluding carboxylic acids is 1. The molecule has 1 N–H and O–H groups in total. The molecule has 2 aliphatic carbocycles. The highest BCUT2D eigenvalue weighted by Crippen LogP contribution is 2.56. The summed E-state index contributed by atoms with van der Waals surface area (Å²) in [7, 11) is -2.05. The van der Waals surface area contributed by atoms with Crippen LogP contribution in [0.25, 0.3) is 0 Å². The topological polar surface area (TPSA) is 72.5 Å². The van der Waals surface area contributed by atoms with E-state index in [0.29, 0.717) is 29.1 Å². The van der Waals surface area contributed by atoms with Crippen LogP contribution in [0.15, 0.2) is 47.4 Å². The average Bonchev–Trinajstić information content (AvgIpc) is 3.32. The second-order valence-corrected chi connectivity index (χ2v) is 8.99. The highest BCUT2D eigenvalue weighted by molar-refractivity contribution is 7.89. The van der Waals surface area contributed by atoms with E-state index in [4.69, 9.17) is 0 Å². The van der Waals surface area contributed by atoms with Gasteiger partial charge >= 0.3 is 5.97 Å². The molecule has 0 unspecified atom stereocenters. The number of hydrogen-bond acceptors (Lipinski definition) is 4. The largest absolute Gasteiger partial charge is 0.469 e. The van der Waals surface area contributed by atoms with Crippen LogP contribution in [0.4, 0.5) is 0 Å². The van der Waals surface area contributed by atoms with Crippen molar-refractivity contribution in [3.05, 3.63) is 42.5 Å². The summed E-state index contributed by atoms with van der Waals surface area (Å²) in [6.45, 7) is 0. The Morgan fingerprint density at radius 2 is 2.00 bits per heavy atom. The molecule has 6 heteroatoms. The smallest absolute Gasteiger partial charge is 0.305 e. The molecule has 142 valence electrons. The molecule has 0 heterocycles. The van der Waals surface area contributed by atoms with E-state index >= 15 is 0 Å². The van der Waals surface area contributed by atoms with Crippen molar-refractivity contribution in [3.63, 3.8) is 0 Å². The van der Waals surface area contributed by atoms with Gasteiger partial charge in [0.2, 0.25) is 10.0 Å². The first-order valence-electron chi connectivity index (χ1n) is 9.30. The standard InChI is InChI=1S/C20H27NO4S/c1-25-20(22)12-8-3-2-7-11-17-18-13-15(18)14-19(17)21-26(23,24)16-9-5-4-6-10-16/h2,4-7,9-10,15,17-19,21H,3,8,11-14H2,1H3/b7-2-/t15-,17-,18-,19-/m0/s1. The van der Waals surface area contributed by atoms with E-state index in [1.54, 1.807) is 24.3 Å². The van der Waals surface area contributed by atoms with Gasteiger partial charge in [-0.1, -0.05) is 30.4 Å². The Kier molecular flexibility index (Phi) is 6.14. The first kappa shape index (κ1) is 19.1. The van der Waals surface area contributed by atoms with Gasteiger partial charge in [0, 0.05) is 12.5 Å². The molecular weight excluding hydrogens is 350 g/mol. The lowest BCUT2D eigenvalue weighted by Gasteiger charge is -2.22. The minimum absolute atomic E-state index is 0.0173. The minimum atomic E-state index is -3.46. The predicted octanol–water partition coefficient (Wildman–Crippen LogP) is 3.28. The summed E-state index contributed by atoms with van der Waals surface area (Å²) in [5.41, 5.74) is 0. The molecule has 2 aliphatic rings. The molecule has 0 aliphatic heterocycles. The normalized spacial score (nSPS) is 27.4. The molecule has 0 bridgehead atoms. The average molecular weight is 378 g/mol. The maximum atomic E-state index is 12.6. The Morgan fingerprint density at radius 1 is 1.23 bits per heavy atom. The summed E-state index contributed by atoms with van der Waals surface area (Å²) in [6, 6.07) is 8.59. The summed E-state index contributed by atoms with van der Waals surface area (Å²) in [4.78, 5) is 11.4. The predicted molar refractivity (Wildman–Crippen MR) is 99.9 cm³/mol. The highest BCUT2D eigenvalue weighted by Gasteiger charge is 2.53. The molecule has 2 fully saturated rings. The van der Waals surface area contributed by atoms with Gasteiger partial charge in [-0.05, 0) is 62.0 Å². The molecule has 5 nitrogen and oxygen atoms in total. The van der Waals surface area contributed by atoms with Crippen LogP contribution in [0.2, 0.25) is 0 Å². The van der Waals surface area contributed by atoms with Crippen molar-refractivity contribution in [1.29, 1.82) is 0 Å². The van der Waals surface area contributed by atoms with Gasteiger partial charge in [0.15, 0.2) is 0 Å². The number of fused-ring (bicyclic) bond motifs is 1. The van der Waals surface area contributed by atoms with Gasteiger partial charge in [0.25, 0.3) is 0 Å². The maximum absolute atomic E-state index is 12.6. The third kappa shape index (κ3) is 4.74. The van der Waals surface area contributed by atoms with Crippen LogP contribution in [0, 0.1) is 17.8 Å². The van der Waals surface area contributed by atoms with Crippen molar-refractivity contribution in [2.75, 3.05) is 7.11 Å². The number of ether oxygens (including phenoxy) is 1. The van der Waals surface area contributed by atoms with E-state index in [9.17, 15) is 13.2 Å². The summed E-state index contributed by atoms with van der Waals surface area (Å²) < 4.78 is 32.7. The lowest BCUT2D eigenvalue weighted by Crippen LogP contribution is -2.38. The van der Waals surface area contributed by atoms with Gasteiger partial charge < -0.3 is 4.74 Å². The van der Waals surface area contributed by atoms with Crippen molar-refractivity contribution >= 4 is 16.0 Å². The fraction of sp³-hybridized carbons (Fsp3) is 0.550. The number of allylic oxidation sites excluding steroid dienone is 2. The third-order valence-electron chi connectivity index (χ3n) is 5.52. The number of hydrogen-bond donors (Lipinski definition) is 1. The number of methoxy groups -OCH3 is 1. The number of benzene rings is 1. The minimum Gasteiger partial charge on any atom is -0.469 e. The second-order valence-electron chi connectivity index (χ2n) is 7.28. The first-order chi connectivity index (χ1) is 12.5. The maximum Gasteiger partial charge on any atom is 0.305 e. The molecule has 4 atom stereocenters. The van der Waals surface area contributed by atoms with Crippen molar-refractivity contribution in [2.24, 2.45) is 17.8 Å². The van der Waals surface area contributed by atoms with Crippen molar-refractivity contribution in [3.8, 4) is 0 Å². The van der Waals surface area contributed by atoms with E-state index in [1.165, 1.54) is 13.5 Å². The molecule has 3 rings (SSSR count). The van der Waals surface area contributed by atoms with Gasteiger partial charge in [0.05, 0.1) is 12.0 Å². The highest BCUT2D eigenvalue weighted by atomic mass is 32.2. The van der Waals surface area contributed by atoms with Gasteiger partial charge in [-0.25, -0.2) is 13.1 Å². The molecule has 26 heavy (non-hydrogen) atoms. The van der Waals surface area contributed by atoms with Crippen LogP contribution in [0.1, 0.15) is 38.5 Å². The quantitative estimate of drug-likeness (QED) is 0.407. The molecule has 0 aromatic heterocycles. The zero-order valence-corrected chi connectivity index (χ0v) is 16.0. The number of unbranched alkanes of at least 4 members (excludes halogenated alkanes) is 1. The molecule has 0 amide bonds. The molecule has 1 aromatic rings. The van der Waals surface area contributed by atoms with Crippen LogP contribution in [0.5, 0.6) is 0 Å². The number of sulfonamides is 1. The van der Waals surface area contributed by atoms with Gasteiger partial charge in [-0.15, -0.1) is 0 Å². The van der Waals surface area contributed by atoms with Crippen molar-refractivity contribution < 1.29 is 17.9 Å². The zero-order valence-electron chi connectivity index (χ0n) is 15.1. The Labute approximate surface area is 155 Å². The second kappa shape index (κ2) is 8.35. The molecule has 1 aromatic carbocycles. The first-order valence-corrected chi connectivity index (χ1v) is 10.8. The summed E-state index contributed by atoms with van der Waals surface area (Å²) in [5.74, 6) is 1.52. The Morgan fingerprint density at radius 3 is 2.73 bits per heavy atom. The van der Waals surface area contributed by atoms with Crippen LogP contribution < -0.4 is 4.72 Å². The van der Waals surface area contributed by atoms with E-state index in [1.807, 2.05) is 6.07 Å².